The summed E-state index contributed by atoms with van der Waals surface area (Å²) in [5.41, 5.74) is 1.79. The Hall–Kier alpha value is -4.27. The topological polar surface area (TPSA) is 90.7 Å². The number of halogens is 2. The Balaban J connectivity index is 1.52. The van der Waals surface area contributed by atoms with Gasteiger partial charge in [-0.25, -0.2) is 9.78 Å². The third-order valence-electron chi connectivity index (χ3n) is 4.69. The van der Waals surface area contributed by atoms with Crippen molar-refractivity contribution >= 4 is 22.8 Å². The van der Waals surface area contributed by atoms with Crippen molar-refractivity contribution in [3.8, 4) is 17.0 Å². The van der Waals surface area contributed by atoms with Crippen molar-refractivity contribution in [2.75, 3.05) is 6.61 Å². The van der Waals surface area contributed by atoms with E-state index in [9.17, 15) is 18.4 Å². The van der Waals surface area contributed by atoms with E-state index in [0.29, 0.717) is 27.9 Å². The number of hydrogen-bond donors (Lipinski definition) is 1. The van der Waals surface area contributed by atoms with Crippen LogP contribution in [0, 0.1) is 0 Å². The smallest absolute Gasteiger partial charge is 0.387 e. The molecule has 2 aromatic heterocycles. The Morgan fingerprint density at radius 1 is 1.03 bits per heavy atom. The molecule has 0 radical (unpaired) electrons. The van der Waals surface area contributed by atoms with Crippen LogP contribution in [0.15, 0.2) is 77.4 Å². The Labute approximate surface area is 186 Å². The number of nitrogens with one attached hydrogen (secondary N) is 1. The lowest BCUT2D eigenvalue weighted by molar-refractivity contribution is -0.124. The quantitative estimate of drug-likeness (QED) is 0.394. The van der Waals surface area contributed by atoms with E-state index in [2.05, 4.69) is 15.0 Å². The SMILES string of the molecule is O=C(COC(=O)c1cc(-c2ccc(OC(F)F)cc2)nc2ccccc12)NCc1ccco1. The Kier molecular flexibility index (Phi) is 6.58. The fraction of sp³-hybridized carbons (Fsp3) is 0.125. The maximum absolute atomic E-state index is 12.8. The van der Waals surface area contributed by atoms with E-state index in [0.717, 1.165) is 0 Å². The summed E-state index contributed by atoms with van der Waals surface area (Å²) in [5, 5.41) is 3.15. The van der Waals surface area contributed by atoms with Crippen LogP contribution in [0.2, 0.25) is 0 Å². The number of pyridine rings is 1. The molecule has 0 unspecified atom stereocenters. The highest BCUT2D eigenvalue weighted by Crippen LogP contribution is 2.27. The number of alkyl halides is 2. The van der Waals surface area contributed by atoms with Crippen molar-refractivity contribution < 1.29 is 32.3 Å². The fourth-order valence-corrected chi connectivity index (χ4v) is 3.16. The lowest BCUT2D eigenvalue weighted by Crippen LogP contribution is -2.28. The van der Waals surface area contributed by atoms with Gasteiger partial charge in [0.25, 0.3) is 5.91 Å². The highest BCUT2D eigenvalue weighted by atomic mass is 19.3. The van der Waals surface area contributed by atoms with Crippen LogP contribution in [-0.4, -0.2) is 30.1 Å². The Morgan fingerprint density at radius 2 is 1.82 bits per heavy atom. The summed E-state index contributed by atoms with van der Waals surface area (Å²) in [4.78, 5) is 29.4. The molecule has 9 heteroatoms. The van der Waals surface area contributed by atoms with Crippen molar-refractivity contribution in [2.45, 2.75) is 13.2 Å². The van der Waals surface area contributed by atoms with E-state index in [1.807, 2.05) is 0 Å². The molecule has 0 fully saturated rings. The van der Waals surface area contributed by atoms with Gasteiger partial charge in [0.15, 0.2) is 6.61 Å². The summed E-state index contributed by atoms with van der Waals surface area (Å²) in [6.45, 7) is -3.21. The molecule has 0 aliphatic carbocycles. The summed E-state index contributed by atoms with van der Waals surface area (Å²) >= 11 is 0. The van der Waals surface area contributed by atoms with Crippen molar-refractivity contribution in [2.24, 2.45) is 0 Å². The maximum atomic E-state index is 12.8. The van der Waals surface area contributed by atoms with E-state index in [1.165, 1.54) is 24.5 Å². The normalized spacial score (nSPS) is 10.9. The second-order valence-corrected chi connectivity index (χ2v) is 6.91. The van der Waals surface area contributed by atoms with Crippen LogP contribution in [0.5, 0.6) is 5.75 Å². The molecule has 0 atom stereocenters. The zero-order chi connectivity index (χ0) is 23.2. The molecule has 4 rings (SSSR count). The number of carbonyl (C=O) groups is 2. The predicted octanol–water partition coefficient (Wildman–Crippen LogP) is 4.57. The fourth-order valence-electron chi connectivity index (χ4n) is 3.16. The number of aromatic nitrogens is 1. The van der Waals surface area contributed by atoms with Gasteiger partial charge in [0.2, 0.25) is 0 Å². The summed E-state index contributed by atoms with van der Waals surface area (Å²) in [5.74, 6) is -0.590. The molecule has 0 saturated heterocycles. The van der Waals surface area contributed by atoms with Crippen LogP contribution in [0.3, 0.4) is 0 Å². The molecule has 2 aromatic carbocycles. The van der Waals surface area contributed by atoms with Crippen molar-refractivity contribution in [3.05, 3.63) is 84.3 Å². The van der Waals surface area contributed by atoms with E-state index >= 15 is 0 Å². The molecule has 2 heterocycles. The third kappa shape index (κ3) is 5.51. The largest absolute Gasteiger partial charge is 0.467 e. The van der Waals surface area contributed by atoms with Crippen LogP contribution < -0.4 is 10.1 Å². The summed E-state index contributed by atoms with van der Waals surface area (Å²) in [6, 6.07) is 17.8. The van der Waals surface area contributed by atoms with Crippen LogP contribution in [0.25, 0.3) is 22.2 Å². The van der Waals surface area contributed by atoms with Crippen LogP contribution in [-0.2, 0) is 16.1 Å². The van der Waals surface area contributed by atoms with Crippen LogP contribution in [0.4, 0.5) is 8.78 Å². The summed E-state index contributed by atoms with van der Waals surface area (Å²) in [7, 11) is 0. The van der Waals surface area contributed by atoms with Gasteiger partial charge in [-0.3, -0.25) is 4.79 Å². The number of hydrogen-bond acceptors (Lipinski definition) is 6. The molecule has 0 aliphatic rings. The van der Waals surface area contributed by atoms with Gasteiger partial charge in [0.05, 0.1) is 29.6 Å². The van der Waals surface area contributed by atoms with E-state index in [4.69, 9.17) is 9.15 Å². The van der Waals surface area contributed by atoms with Gasteiger partial charge < -0.3 is 19.2 Å². The van der Waals surface area contributed by atoms with Crippen molar-refractivity contribution in [3.63, 3.8) is 0 Å². The second-order valence-electron chi connectivity index (χ2n) is 6.91. The van der Waals surface area contributed by atoms with Crippen LogP contribution in [0.1, 0.15) is 16.1 Å². The molecule has 0 aliphatic heterocycles. The molecular weight excluding hydrogens is 434 g/mol. The molecule has 33 heavy (non-hydrogen) atoms. The second kappa shape index (κ2) is 9.90. The molecule has 1 N–H and O–H groups in total. The van der Waals surface area contributed by atoms with E-state index in [-0.39, 0.29) is 17.9 Å². The zero-order valence-corrected chi connectivity index (χ0v) is 17.2. The lowest BCUT2D eigenvalue weighted by Gasteiger charge is -2.11. The number of ether oxygens (including phenoxy) is 2. The number of carbonyl (C=O) groups excluding carboxylic acids is 2. The average Bonchev–Trinajstić information content (AvgIpc) is 3.34. The number of nitrogens with zero attached hydrogens (tertiary/aromatic N) is 1. The molecule has 7 nitrogen and oxygen atoms in total. The van der Waals surface area contributed by atoms with Gasteiger partial charge in [-0.15, -0.1) is 0 Å². The first-order valence-corrected chi connectivity index (χ1v) is 9.91. The van der Waals surface area contributed by atoms with Gasteiger partial charge in [0.1, 0.15) is 11.5 Å². The third-order valence-corrected chi connectivity index (χ3v) is 4.69. The number of amides is 1. The highest BCUT2D eigenvalue weighted by Gasteiger charge is 2.17. The van der Waals surface area contributed by atoms with Gasteiger partial charge in [-0.05, 0) is 48.5 Å². The highest BCUT2D eigenvalue weighted by molar-refractivity contribution is 6.05. The molecule has 0 saturated carbocycles. The predicted molar refractivity (Wildman–Crippen MR) is 115 cm³/mol. The number of rotatable bonds is 8. The minimum atomic E-state index is -2.92. The summed E-state index contributed by atoms with van der Waals surface area (Å²) in [6.07, 6.45) is 1.49. The molecule has 168 valence electrons. The van der Waals surface area contributed by atoms with Gasteiger partial charge in [0, 0.05) is 10.9 Å². The molecule has 4 aromatic rings. The van der Waals surface area contributed by atoms with Gasteiger partial charge in [-0.1, -0.05) is 18.2 Å². The average molecular weight is 452 g/mol. The minimum Gasteiger partial charge on any atom is -0.467 e. The number of furan rings is 1. The molecular formula is C24H18F2N2O5. The van der Waals surface area contributed by atoms with E-state index < -0.39 is 25.1 Å². The Morgan fingerprint density at radius 3 is 2.55 bits per heavy atom. The van der Waals surface area contributed by atoms with E-state index in [1.54, 1.807) is 48.5 Å². The lowest BCUT2D eigenvalue weighted by atomic mass is 10.0. The van der Waals surface area contributed by atoms with Gasteiger partial charge in [-0.2, -0.15) is 8.78 Å². The number of fused-ring (bicyclic) bond motifs is 1. The molecule has 1 amide bonds. The number of para-hydroxylation sites is 1. The zero-order valence-electron chi connectivity index (χ0n) is 17.2. The standard InChI is InChI=1S/C24H18F2N2O5/c25-24(26)33-16-9-7-15(8-10-16)21-12-19(18-5-1-2-6-20(18)28-21)23(30)32-14-22(29)27-13-17-4-3-11-31-17/h1-12,24H,13-14H2,(H,27,29). The van der Waals surface area contributed by atoms with Crippen LogP contribution >= 0.6 is 0 Å². The minimum absolute atomic E-state index is 0.00901. The van der Waals surface area contributed by atoms with Crippen molar-refractivity contribution in [1.82, 2.24) is 10.3 Å². The first-order valence-electron chi connectivity index (χ1n) is 9.91. The monoisotopic (exact) mass is 452 g/mol. The number of esters is 1. The first kappa shape index (κ1) is 21.9. The Bertz CT molecular complexity index is 1260. The first-order chi connectivity index (χ1) is 16.0. The van der Waals surface area contributed by atoms with Crippen molar-refractivity contribution in [1.29, 1.82) is 0 Å². The number of benzene rings is 2. The summed E-state index contributed by atoms with van der Waals surface area (Å²) < 4.78 is 39.5. The van der Waals surface area contributed by atoms with Gasteiger partial charge >= 0.3 is 12.6 Å². The molecule has 0 bridgehead atoms. The maximum Gasteiger partial charge on any atom is 0.387 e. The molecule has 0 spiro atoms.